The zero-order chi connectivity index (χ0) is 18.8. The molecule has 3 N–H and O–H groups in total. The Balaban J connectivity index is 0. The van der Waals surface area contributed by atoms with Crippen LogP contribution in [0.25, 0.3) is 0 Å². The van der Waals surface area contributed by atoms with Crippen LogP contribution >= 0.6 is 0 Å². The minimum absolute atomic E-state index is 0.729. The molecule has 0 spiro atoms. The van der Waals surface area contributed by atoms with E-state index in [4.69, 9.17) is 19.8 Å². The SMILES string of the molecule is CC(C)N1CCNCC1.O=C(O)C(F)(F)F.O=C(O)C(F)(F)F. The van der Waals surface area contributed by atoms with Crippen LogP contribution in [0, 0.1) is 0 Å². The van der Waals surface area contributed by atoms with Gasteiger partial charge in [0.1, 0.15) is 0 Å². The van der Waals surface area contributed by atoms with Gasteiger partial charge in [-0.15, -0.1) is 0 Å². The van der Waals surface area contributed by atoms with Crippen molar-refractivity contribution in [3.05, 3.63) is 0 Å². The Bertz CT molecular complexity index is 341. The second-order valence-corrected chi connectivity index (χ2v) is 4.49. The molecule has 1 aliphatic heterocycles. The average Bonchev–Trinajstić information content (AvgIpc) is 2.38. The van der Waals surface area contributed by atoms with Crippen LogP contribution in [0.1, 0.15) is 13.8 Å². The Hall–Kier alpha value is -1.56. The van der Waals surface area contributed by atoms with Crippen LogP contribution in [-0.2, 0) is 9.59 Å². The Morgan fingerprint density at radius 3 is 1.30 bits per heavy atom. The summed E-state index contributed by atoms with van der Waals surface area (Å²) in [5.41, 5.74) is 0. The third-order valence-electron chi connectivity index (χ3n) is 2.37. The van der Waals surface area contributed by atoms with Crippen LogP contribution in [0.4, 0.5) is 26.3 Å². The van der Waals surface area contributed by atoms with Gasteiger partial charge in [-0.2, -0.15) is 26.3 Å². The van der Waals surface area contributed by atoms with E-state index in [1.807, 2.05) is 0 Å². The van der Waals surface area contributed by atoms with E-state index in [1.165, 1.54) is 13.1 Å². The molecule has 1 aliphatic rings. The maximum Gasteiger partial charge on any atom is 0.490 e. The van der Waals surface area contributed by atoms with E-state index in [0.717, 1.165) is 19.1 Å². The first-order chi connectivity index (χ1) is 10.2. The van der Waals surface area contributed by atoms with E-state index >= 15 is 0 Å². The van der Waals surface area contributed by atoms with Crippen molar-refractivity contribution in [3.63, 3.8) is 0 Å². The topological polar surface area (TPSA) is 89.9 Å². The van der Waals surface area contributed by atoms with E-state index in [-0.39, 0.29) is 0 Å². The molecule has 6 nitrogen and oxygen atoms in total. The number of carbonyl (C=O) groups is 2. The van der Waals surface area contributed by atoms with Gasteiger partial charge in [0.05, 0.1) is 0 Å². The fourth-order valence-corrected chi connectivity index (χ4v) is 1.20. The van der Waals surface area contributed by atoms with E-state index in [9.17, 15) is 26.3 Å². The van der Waals surface area contributed by atoms with Gasteiger partial charge in [-0.3, -0.25) is 4.90 Å². The van der Waals surface area contributed by atoms with E-state index in [2.05, 4.69) is 24.1 Å². The zero-order valence-corrected chi connectivity index (χ0v) is 12.3. The van der Waals surface area contributed by atoms with Crippen molar-refractivity contribution in [3.8, 4) is 0 Å². The first kappa shape index (κ1) is 23.7. The lowest BCUT2D eigenvalue weighted by Gasteiger charge is -2.30. The second kappa shape index (κ2) is 10.3. The van der Waals surface area contributed by atoms with Gasteiger partial charge in [0.25, 0.3) is 0 Å². The summed E-state index contributed by atoms with van der Waals surface area (Å²) in [5.74, 6) is -5.51. The minimum atomic E-state index is -5.08. The van der Waals surface area contributed by atoms with Crippen molar-refractivity contribution < 1.29 is 46.1 Å². The van der Waals surface area contributed by atoms with Crippen molar-refractivity contribution in [1.82, 2.24) is 10.2 Å². The van der Waals surface area contributed by atoms with Crippen LogP contribution in [-0.4, -0.2) is 71.6 Å². The number of aliphatic carboxylic acids is 2. The molecule has 0 saturated carbocycles. The maximum absolute atomic E-state index is 10.6. The third-order valence-corrected chi connectivity index (χ3v) is 2.37. The first-order valence-corrected chi connectivity index (χ1v) is 6.24. The van der Waals surface area contributed by atoms with Crippen LogP contribution in [0.5, 0.6) is 0 Å². The van der Waals surface area contributed by atoms with Crippen molar-refractivity contribution in [2.45, 2.75) is 32.2 Å². The highest BCUT2D eigenvalue weighted by molar-refractivity contribution is 5.73. The molecule has 0 amide bonds. The lowest BCUT2D eigenvalue weighted by molar-refractivity contribution is -0.193. The molecule has 0 unspecified atom stereocenters. The number of alkyl halides is 6. The number of carboxylic acid groups (broad SMARTS) is 2. The summed E-state index contributed by atoms with van der Waals surface area (Å²) in [6, 6.07) is 0.729. The summed E-state index contributed by atoms with van der Waals surface area (Å²) in [6.45, 7) is 9.28. The first-order valence-electron chi connectivity index (χ1n) is 6.24. The fourth-order valence-electron chi connectivity index (χ4n) is 1.20. The molecule has 1 heterocycles. The molecular weight excluding hydrogens is 338 g/mol. The molecule has 0 aromatic carbocycles. The number of nitrogens with one attached hydrogen (secondary N) is 1. The molecule has 0 aromatic rings. The third kappa shape index (κ3) is 13.8. The molecule has 1 saturated heterocycles. The van der Waals surface area contributed by atoms with Gasteiger partial charge in [0.15, 0.2) is 0 Å². The Morgan fingerprint density at radius 1 is 0.913 bits per heavy atom. The zero-order valence-electron chi connectivity index (χ0n) is 12.3. The smallest absolute Gasteiger partial charge is 0.475 e. The van der Waals surface area contributed by atoms with Crippen LogP contribution in [0.3, 0.4) is 0 Å². The summed E-state index contributed by atoms with van der Waals surface area (Å²) >= 11 is 0. The number of hydrogen-bond acceptors (Lipinski definition) is 4. The second-order valence-electron chi connectivity index (χ2n) is 4.49. The highest BCUT2D eigenvalue weighted by Gasteiger charge is 2.38. The maximum atomic E-state index is 10.6. The number of piperazine rings is 1. The van der Waals surface area contributed by atoms with Crippen LogP contribution in [0.2, 0.25) is 0 Å². The molecule has 23 heavy (non-hydrogen) atoms. The van der Waals surface area contributed by atoms with Crippen LogP contribution < -0.4 is 5.32 Å². The number of halogens is 6. The number of carboxylic acids is 2. The largest absolute Gasteiger partial charge is 0.490 e. The lowest BCUT2D eigenvalue weighted by atomic mass is 10.3. The summed E-state index contributed by atoms with van der Waals surface area (Å²) < 4.78 is 63.5. The highest BCUT2D eigenvalue weighted by Crippen LogP contribution is 2.13. The van der Waals surface area contributed by atoms with Crippen molar-refractivity contribution in [1.29, 1.82) is 0 Å². The van der Waals surface area contributed by atoms with Gasteiger partial charge in [0.2, 0.25) is 0 Å². The quantitative estimate of drug-likeness (QED) is 0.618. The minimum Gasteiger partial charge on any atom is -0.475 e. The van der Waals surface area contributed by atoms with Crippen molar-refractivity contribution in [2.75, 3.05) is 26.2 Å². The molecular formula is C11H18F6N2O4. The van der Waals surface area contributed by atoms with Crippen molar-refractivity contribution >= 4 is 11.9 Å². The summed E-state index contributed by atoms with van der Waals surface area (Å²) in [5, 5.41) is 17.6. The van der Waals surface area contributed by atoms with Crippen molar-refractivity contribution in [2.24, 2.45) is 0 Å². The summed E-state index contributed by atoms with van der Waals surface area (Å²) in [4.78, 5) is 20.3. The Kier molecular flexibility index (Phi) is 10.6. The van der Waals surface area contributed by atoms with E-state index in [0.29, 0.717) is 0 Å². The molecule has 0 bridgehead atoms. The number of hydrogen-bond donors (Lipinski definition) is 3. The molecule has 0 radical (unpaired) electrons. The molecule has 0 aromatic heterocycles. The normalized spacial score (nSPS) is 15.9. The molecule has 138 valence electrons. The van der Waals surface area contributed by atoms with Gasteiger partial charge >= 0.3 is 24.3 Å². The van der Waals surface area contributed by atoms with Gasteiger partial charge in [0, 0.05) is 32.2 Å². The number of nitrogens with zero attached hydrogens (tertiary/aromatic N) is 1. The molecule has 1 fully saturated rings. The highest BCUT2D eigenvalue weighted by atomic mass is 19.4. The van der Waals surface area contributed by atoms with Gasteiger partial charge < -0.3 is 15.5 Å². The Labute approximate surface area is 128 Å². The fraction of sp³-hybridized carbons (Fsp3) is 0.818. The summed E-state index contributed by atoms with van der Waals surface area (Å²) in [6.07, 6.45) is -10.2. The molecule has 0 aliphatic carbocycles. The Morgan fingerprint density at radius 2 is 1.17 bits per heavy atom. The monoisotopic (exact) mass is 356 g/mol. The molecule has 1 rings (SSSR count). The van der Waals surface area contributed by atoms with Gasteiger partial charge in [-0.05, 0) is 13.8 Å². The summed E-state index contributed by atoms with van der Waals surface area (Å²) in [7, 11) is 0. The predicted molar refractivity (Wildman–Crippen MR) is 67.0 cm³/mol. The lowest BCUT2D eigenvalue weighted by Crippen LogP contribution is -2.46. The van der Waals surface area contributed by atoms with Gasteiger partial charge in [-0.25, -0.2) is 9.59 Å². The van der Waals surface area contributed by atoms with Crippen LogP contribution in [0.15, 0.2) is 0 Å². The average molecular weight is 356 g/mol. The standard InChI is InChI=1S/C7H16N2.2C2HF3O2/c1-7(2)9-5-3-8-4-6-9;2*3-2(4,5)1(6)7/h7-8H,3-6H2,1-2H3;2*(H,6,7). The van der Waals surface area contributed by atoms with Gasteiger partial charge in [-0.1, -0.05) is 0 Å². The number of rotatable bonds is 1. The van der Waals surface area contributed by atoms with E-state index < -0.39 is 24.3 Å². The predicted octanol–water partition coefficient (Wildman–Crippen LogP) is 1.57. The van der Waals surface area contributed by atoms with E-state index in [1.54, 1.807) is 0 Å². The molecule has 12 heteroatoms. The molecule has 0 atom stereocenters.